The minimum absolute atomic E-state index is 0.0506. The van der Waals surface area contributed by atoms with Crippen LogP contribution in [0.4, 0.5) is 0 Å². The summed E-state index contributed by atoms with van der Waals surface area (Å²) in [5.41, 5.74) is 1.61. The maximum atomic E-state index is 12.8. The van der Waals surface area contributed by atoms with Crippen molar-refractivity contribution in [2.24, 2.45) is 0 Å². The van der Waals surface area contributed by atoms with Crippen LogP contribution >= 0.6 is 11.8 Å². The summed E-state index contributed by atoms with van der Waals surface area (Å²) < 4.78 is 12.7. The van der Waals surface area contributed by atoms with E-state index < -0.39 is 0 Å². The van der Waals surface area contributed by atoms with Gasteiger partial charge in [0.15, 0.2) is 16.8 Å². The summed E-state index contributed by atoms with van der Waals surface area (Å²) in [4.78, 5) is 12.8. The molecule has 0 saturated heterocycles. The van der Waals surface area contributed by atoms with Crippen LogP contribution in [0.1, 0.15) is 31.1 Å². The molecule has 0 bridgehead atoms. The predicted molar refractivity (Wildman–Crippen MR) is 115 cm³/mol. The number of hydrogen-bond donors (Lipinski definition) is 0. The zero-order chi connectivity index (χ0) is 20.8. The highest BCUT2D eigenvalue weighted by atomic mass is 32.2. The summed E-state index contributed by atoms with van der Waals surface area (Å²) in [6, 6.07) is 15.0. The Morgan fingerprint density at radius 1 is 1.03 bits per heavy atom. The number of hydrogen-bond acceptors (Lipinski definition) is 6. The van der Waals surface area contributed by atoms with Gasteiger partial charge < -0.3 is 14.0 Å². The molecule has 0 N–H and O–H groups in total. The van der Waals surface area contributed by atoms with E-state index in [0.29, 0.717) is 18.7 Å². The zero-order valence-corrected chi connectivity index (χ0v) is 17.9. The van der Waals surface area contributed by atoms with E-state index in [1.54, 1.807) is 19.2 Å². The van der Waals surface area contributed by atoms with Gasteiger partial charge in [0.05, 0.1) is 19.0 Å². The molecular formula is C22H25N3O3S. The van der Waals surface area contributed by atoms with Crippen molar-refractivity contribution in [3.63, 3.8) is 0 Å². The first-order valence-corrected chi connectivity index (χ1v) is 10.5. The van der Waals surface area contributed by atoms with Gasteiger partial charge in [-0.05, 0) is 69.3 Å². The molecule has 29 heavy (non-hydrogen) atoms. The average Bonchev–Trinajstić information content (AvgIpc) is 3.16. The van der Waals surface area contributed by atoms with E-state index in [2.05, 4.69) is 10.2 Å². The third-order valence-corrected chi connectivity index (χ3v) is 5.56. The summed E-state index contributed by atoms with van der Waals surface area (Å²) in [5, 5.41) is 9.13. The van der Waals surface area contributed by atoms with E-state index in [-0.39, 0.29) is 11.0 Å². The van der Waals surface area contributed by atoms with Gasteiger partial charge in [-0.25, -0.2) is 0 Å². The van der Waals surface area contributed by atoms with Crippen LogP contribution < -0.4 is 9.47 Å². The third kappa shape index (κ3) is 4.79. The monoisotopic (exact) mass is 411 g/mol. The first kappa shape index (κ1) is 20.9. The topological polar surface area (TPSA) is 66.2 Å². The van der Waals surface area contributed by atoms with Gasteiger partial charge in [0.1, 0.15) is 11.5 Å². The Balaban J connectivity index is 1.76. The van der Waals surface area contributed by atoms with Crippen LogP contribution in [0, 0.1) is 0 Å². The minimum Gasteiger partial charge on any atom is -0.497 e. The molecule has 0 fully saturated rings. The quantitative estimate of drug-likeness (QED) is 0.374. The number of rotatable bonds is 9. The van der Waals surface area contributed by atoms with Gasteiger partial charge in [-0.15, -0.1) is 10.2 Å². The standard InChI is InChI=1S/C22H25N3O3S/c1-5-25-21(17-9-11-18(27-4)12-10-17)23-24-22(25)29-15(3)20(26)16-7-13-19(14-8-16)28-6-2/h7-15H,5-6H2,1-4H3/t15-/m0/s1. The van der Waals surface area contributed by atoms with Gasteiger partial charge >= 0.3 is 0 Å². The summed E-state index contributed by atoms with van der Waals surface area (Å²) in [7, 11) is 1.64. The lowest BCUT2D eigenvalue weighted by atomic mass is 10.1. The number of carbonyl (C=O) groups excluding carboxylic acids is 1. The van der Waals surface area contributed by atoms with Gasteiger partial charge in [0.2, 0.25) is 0 Å². The van der Waals surface area contributed by atoms with Crippen LogP contribution in [-0.2, 0) is 6.54 Å². The molecule has 7 heteroatoms. The van der Waals surface area contributed by atoms with Crippen LogP contribution in [0.3, 0.4) is 0 Å². The molecule has 3 aromatic rings. The molecule has 1 heterocycles. The van der Waals surface area contributed by atoms with Crippen molar-refractivity contribution in [2.45, 2.75) is 37.7 Å². The predicted octanol–water partition coefficient (Wildman–Crippen LogP) is 4.74. The summed E-state index contributed by atoms with van der Waals surface area (Å²) in [5.74, 6) is 2.38. The fourth-order valence-corrected chi connectivity index (χ4v) is 3.93. The number of methoxy groups -OCH3 is 1. The lowest BCUT2D eigenvalue weighted by Gasteiger charge is -2.12. The number of Topliss-reactive ketones (excluding diaryl/α,β-unsaturated/α-hetero) is 1. The molecule has 0 aliphatic carbocycles. The van der Waals surface area contributed by atoms with E-state index in [1.165, 1.54) is 11.8 Å². The second-order valence-electron chi connectivity index (χ2n) is 6.36. The van der Waals surface area contributed by atoms with Gasteiger partial charge in [-0.3, -0.25) is 4.79 Å². The van der Waals surface area contributed by atoms with E-state index in [0.717, 1.165) is 28.0 Å². The largest absolute Gasteiger partial charge is 0.497 e. The minimum atomic E-state index is -0.286. The van der Waals surface area contributed by atoms with Crippen LogP contribution in [0.5, 0.6) is 11.5 Å². The van der Waals surface area contributed by atoms with Crippen molar-refractivity contribution in [1.29, 1.82) is 0 Å². The van der Waals surface area contributed by atoms with E-state index in [9.17, 15) is 4.79 Å². The second kappa shape index (κ2) is 9.60. The zero-order valence-electron chi connectivity index (χ0n) is 17.1. The fraction of sp³-hybridized carbons (Fsp3) is 0.318. The van der Waals surface area contributed by atoms with Crippen molar-refractivity contribution in [2.75, 3.05) is 13.7 Å². The molecule has 1 aromatic heterocycles. The maximum absolute atomic E-state index is 12.8. The van der Waals surface area contributed by atoms with Gasteiger partial charge in [0, 0.05) is 17.7 Å². The normalized spacial score (nSPS) is 11.9. The number of ether oxygens (including phenoxy) is 2. The average molecular weight is 412 g/mol. The molecule has 152 valence electrons. The molecule has 0 spiro atoms. The lowest BCUT2D eigenvalue weighted by molar-refractivity contribution is 0.0994. The maximum Gasteiger partial charge on any atom is 0.192 e. The smallest absolute Gasteiger partial charge is 0.192 e. The third-order valence-electron chi connectivity index (χ3n) is 4.48. The van der Waals surface area contributed by atoms with Crippen LogP contribution in [0.15, 0.2) is 53.7 Å². The molecule has 0 saturated carbocycles. The molecule has 1 atom stereocenters. The van der Waals surface area contributed by atoms with E-state index >= 15 is 0 Å². The Morgan fingerprint density at radius 2 is 1.69 bits per heavy atom. The Hall–Kier alpha value is -2.80. The van der Waals surface area contributed by atoms with Gasteiger partial charge in [0.25, 0.3) is 0 Å². The van der Waals surface area contributed by atoms with Gasteiger partial charge in [-0.1, -0.05) is 11.8 Å². The molecule has 0 radical (unpaired) electrons. The number of nitrogens with zero attached hydrogens (tertiary/aromatic N) is 3. The molecule has 6 nitrogen and oxygen atoms in total. The van der Waals surface area contributed by atoms with Crippen molar-refractivity contribution >= 4 is 17.5 Å². The molecule has 0 aliphatic heterocycles. The molecule has 0 unspecified atom stereocenters. The molecule has 0 aliphatic rings. The molecule has 0 amide bonds. The molecule has 3 rings (SSSR count). The van der Waals surface area contributed by atoms with Crippen LogP contribution in [0.2, 0.25) is 0 Å². The molecular weight excluding hydrogens is 386 g/mol. The number of aromatic nitrogens is 3. The number of carbonyl (C=O) groups is 1. The fourth-order valence-electron chi connectivity index (χ4n) is 2.94. The van der Waals surface area contributed by atoms with Crippen molar-refractivity contribution in [3.8, 4) is 22.9 Å². The Labute approximate surface area is 175 Å². The SMILES string of the molecule is CCOc1ccc(C(=O)[C@H](C)Sc2nnc(-c3ccc(OC)cc3)n2CC)cc1. The van der Waals surface area contributed by atoms with Crippen molar-refractivity contribution < 1.29 is 14.3 Å². The Kier molecular flexibility index (Phi) is 6.93. The molecule has 2 aromatic carbocycles. The van der Waals surface area contributed by atoms with E-state index in [4.69, 9.17) is 9.47 Å². The second-order valence-corrected chi connectivity index (χ2v) is 7.67. The summed E-state index contributed by atoms with van der Waals surface area (Å²) >= 11 is 1.42. The first-order chi connectivity index (χ1) is 14.1. The lowest BCUT2D eigenvalue weighted by Crippen LogP contribution is -2.14. The van der Waals surface area contributed by atoms with Crippen LogP contribution in [-0.4, -0.2) is 39.5 Å². The number of thioether (sulfide) groups is 1. The first-order valence-electron chi connectivity index (χ1n) is 9.58. The van der Waals surface area contributed by atoms with Crippen molar-refractivity contribution in [1.82, 2.24) is 14.8 Å². The van der Waals surface area contributed by atoms with E-state index in [1.807, 2.05) is 61.7 Å². The Morgan fingerprint density at radius 3 is 2.28 bits per heavy atom. The Bertz CT molecular complexity index is 952. The summed E-state index contributed by atoms with van der Waals surface area (Å²) in [6.07, 6.45) is 0. The summed E-state index contributed by atoms with van der Waals surface area (Å²) in [6.45, 7) is 7.18. The van der Waals surface area contributed by atoms with Crippen molar-refractivity contribution in [3.05, 3.63) is 54.1 Å². The highest BCUT2D eigenvalue weighted by Gasteiger charge is 2.21. The highest BCUT2D eigenvalue weighted by molar-refractivity contribution is 8.00. The van der Waals surface area contributed by atoms with Crippen LogP contribution in [0.25, 0.3) is 11.4 Å². The number of ketones is 1. The number of benzene rings is 2. The highest BCUT2D eigenvalue weighted by Crippen LogP contribution is 2.29. The van der Waals surface area contributed by atoms with Gasteiger partial charge in [-0.2, -0.15) is 0 Å².